The van der Waals surface area contributed by atoms with Crippen LogP contribution in [0.4, 0.5) is 4.39 Å². The highest BCUT2D eigenvalue weighted by Crippen LogP contribution is 2.40. The maximum Gasteiger partial charge on any atom is 0.229 e. The molecule has 0 unspecified atom stereocenters. The van der Waals surface area contributed by atoms with Crippen LogP contribution >= 0.6 is 0 Å². The third kappa shape index (κ3) is 2.50. The van der Waals surface area contributed by atoms with E-state index < -0.39 is 23.2 Å². The summed E-state index contributed by atoms with van der Waals surface area (Å²) in [5, 5.41) is 0. The Bertz CT molecular complexity index is 1290. The van der Waals surface area contributed by atoms with Crippen LogP contribution in [0.5, 0.6) is 0 Å². The Morgan fingerprint density at radius 3 is 2.14 bits per heavy atom. The molecule has 0 aliphatic heterocycles. The van der Waals surface area contributed by atoms with Gasteiger partial charge in [-0.25, -0.2) is 4.39 Å². The van der Waals surface area contributed by atoms with Gasteiger partial charge in [-0.05, 0) is 36.4 Å². The summed E-state index contributed by atoms with van der Waals surface area (Å²) in [6.07, 6.45) is 1.39. The highest BCUT2D eigenvalue weighted by Gasteiger charge is 2.40. The lowest BCUT2D eigenvalue weighted by Gasteiger charge is -2.13. The largest absolute Gasteiger partial charge is 0.464 e. The number of ketones is 3. The monoisotopic (exact) mass is 386 g/mol. The van der Waals surface area contributed by atoms with Crippen molar-refractivity contribution < 1.29 is 27.6 Å². The molecule has 2 aromatic heterocycles. The average molecular weight is 386 g/mol. The minimum absolute atomic E-state index is 0.00545. The van der Waals surface area contributed by atoms with Crippen molar-refractivity contribution in [1.29, 1.82) is 0 Å². The smallest absolute Gasteiger partial charge is 0.229 e. The highest BCUT2D eigenvalue weighted by atomic mass is 19.1. The van der Waals surface area contributed by atoms with E-state index >= 15 is 0 Å². The van der Waals surface area contributed by atoms with E-state index in [1.165, 1.54) is 24.5 Å². The van der Waals surface area contributed by atoms with E-state index in [9.17, 15) is 18.8 Å². The molecule has 0 saturated carbocycles. The Morgan fingerprint density at radius 1 is 0.793 bits per heavy atom. The molecule has 0 saturated heterocycles. The van der Waals surface area contributed by atoms with Crippen LogP contribution in [0.25, 0.3) is 11.3 Å². The molecule has 0 spiro atoms. The Hall–Kier alpha value is -4.06. The number of benzene rings is 2. The first-order valence-corrected chi connectivity index (χ1v) is 8.75. The fourth-order valence-electron chi connectivity index (χ4n) is 3.49. The van der Waals surface area contributed by atoms with Gasteiger partial charge in [0.05, 0.1) is 17.4 Å². The Morgan fingerprint density at radius 2 is 1.48 bits per heavy atom. The fourth-order valence-corrected chi connectivity index (χ4v) is 3.49. The third-order valence-electron chi connectivity index (χ3n) is 4.84. The third-order valence-corrected chi connectivity index (χ3v) is 4.84. The van der Waals surface area contributed by atoms with Crippen molar-refractivity contribution in [1.82, 2.24) is 0 Å². The van der Waals surface area contributed by atoms with Gasteiger partial charge in [-0.15, -0.1) is 0 Å². The Labute approximate surface area is 163 Å². The Kier molecular flexibility index (Phi) is 3.67. The number of halogens is 1. The summed E-state index contributed by atoms with van der Waals surface area (Å²) in [4.78, 5) is 39.2. The van der Waals surface area contributed by atoms with Crippen LogP contribution in [0.15, 0.2) is 75.8 Å². The molecular formula is C23H11FO5. The zero-order chi connectivity index (χ0) is 20.1. The second kappa shape index (κ2) is 6.24. The number of hydrogen-bond acceptors (Lipinski definition) is 5. The van der Waals surface area contributed by atoms with E-state index in [2.05, 4.69) is 0 Å². The van der Waals surface area contributed by atoms with Crippen LogP contribution in [0.1, 0.15) is 48.2 Å². The van der Waals surface area contributed by atoms with E-state index in [1.807, 2.05) is 0 Å². The minimum Gasteiger partial charge on any atom is -0.464 e. The van der Waals surface area contributed by atoms with Crippen molar-refractivity contribution in [2.75, 3.05) is 0 Å². The van der Waals surface area contributed by atoms with Crippen LogP contribution in [0.3, 0.4) is 0 Å². The van der Waals surface area contributed by atoms with Crippen LogP contribution in [-0.4, -0.2) is 17.3 Å². The topological polar surface area (TPSA) is 77.5 Å². The molecule has 5 rings (SSSR count). The molecule has 0 fully saturated rings. The quantitative estimate of drug-likeness (QED) is 0.421. The lowest BCUT2D eigenvalue weighted by Crippen LogP contribution is -2.19. The van der Waals surface area contributed by atoms with Gasteiger partial charge in [0.1, 0.15) is 11.6 Å². The van der Waals surface area contributed by atoms with Gasteiger partial charge < -0.3 is 8.83 Å². The SMILES string of the molecule is O=C1c2ccccc2C(=O)c2c1oc(C(=O)c1ccc(F)cc1)c2-c1ccco1. The first kappa shape index (κ1) is 17.1. The summed E-state index contributed by atoms with van der Waals surface area (Å²) in [5.74, 6) is -2.18. The Balaban J connectivity index is 1.77. The number of carbonyl (C=O) groups is 3. The molecule has 140 valence electrons. The molecule has 0 N–H and O–H groups in total. The van der Waals surface area contributed by atoms with Gasteiger partial charge in [0, 0.05) is 16.7 Å². The molecule has 2 aromatic carbocycles. The fraction of sp³-hybridized carbons (Fsp3) is 0. The van der Waals surface area contributed by atoms with Crippen LogP contribution in [0, 0.1) is 5.82 Å². The second-order valence-electron chi connectivity index (χ2n) is 6.53. The minimum atomic E-state index is -0.588. The van der Waals surface area contributed by atoms with Crippen molar-refractivity contribution >= 4 is 17.3 Å². The average Bonchev–Trinajstić information content (AvgIpc) is 3.40. The predicted molar refractivity (Wildman–Crippen MR) is 99.5 cm³/mol. The van der Waals surface area contributed by atoms with Crippen molar-refractivity contribution in [3.8, 4) is 11.3 Å². The van der Waals surface area contributed by atoms with E-state index in [1.54, 1.807) is 30.3 Å². The predicted octanol–water partition coefficient (Wildman–Crippen LogP) is 4.69. The first-order valence-electron chi connectivity index (χ1n) is 8.75. The van der Waals surface area contributed by atoms with E-state index in [0.717, 1.165) is 12.1 Å². The molecule has 29 heavy (non-hydrogen) atoms. The number of furan rings is 2. The van der Waals surface area contributed by atoms with Crippen LogP contribution in [0.2, 0.25) is 0 Å². The van der Waals surface area contributed by atoms with Crippen molar-refractivity contribution in [2.24, 2.45) is 0 Å². The molecule has 0 amide bonds. The van der Waals surface area contributed by atoms with Crippen molar-refractivity contribution in [3.63, 3.8) is 0 Å². The zero-order valence-corrected chi connectivity index (χ0v) is 14.8. The molecule has 0 atom stereocenters. The van der Waals surface area contributed by atoms with E-state index in [4.69, 9.17) is 8.83 Å². The summed E-state index contributed by atoms with van der Waals surface area (Å²) in [6, 6.07) is 14.5. The van der Waals surface area contributed by atoms with E-state index in [0.29, 0.717) is 0 Å². The number of fused-ring (bicyclic) bond motifs is 2. The normalized spacial score (nSPS) is 12.6. The van der Waals surface area contributed by atoms with Gasteiger partial charge in [-0.3, -0.25) is 14.4 Å². The molecule has 0 bridgehead atoms. The number of carbonyl (C=O) groups excluding carboxylic acids is 3. The molecule has 4 aromatic rings. The molecule has 1 aliphatic rings. The van der Waals surface area contributed by atoms with Crippen molar-refractivity contribution in [3.05, 3.63) is 107 Å². The van der Waals surface area contributed by atoms with Gasteiger partial charge in [-0.1, -0.05) is 24.3 Å². The first-order chi connectivity index (χ1) is 14.1. The maximum atomic E-state index is 13.3. The standard InChI is InChI=1S/C23H11FO5/c24-13-9-7-12(8-10-13)19(25)22-17(16-6-3-11-28-16)18-20(26)14-4-1-2-5-15(14)21(27)23(18)29-22/h1-11H. The zero-order valence-electron chi connectivity index (χ0n) is 14.8. The number of hydrogen-bond donors (Lipinski definition) is 0. The molecule has 5 nitrogen and oxygen atoms in total. The van der Waals surface area contributed by atoms with Crippen molar-refractivity contribution in [2.45, 2.75) is 0 Å². The van der Waals surface area contributed by atoms with Crippen LogP contribution in [-0.2, 0) is 0 Å². The summed E-state index contributed by atoms with van der Waals surface area (Å²) in [5.41, 5.74) is 0.717. The number of rotatable bonds is 3. The van der Waals surface area contributed by atoms with E-state index in [-0.39, 0.29) is 45.1 Å². The maximum absolute atomic E-state index is 13.3. The molecule has 0 radical (unpaired) electrons. The molecular weight excluding hydrogens is 375 g/mol. The summed E-state index contributed by atoms with van der Waals surface area (Å²) >= 11 is 0. The molecule has 2 heterocycles. The van der Waals surface area contributed by atoms with Gasteiger partial charge in [0.25, 0.3) is 0 Å². The summed E-state index contributed by atoms with van der Waals surface area (Å²) in [7, 11) is 0. The summed E-state index contributed by atoms with van der Waals surface area (Å²) in [6.45, 7) is 0. The molecule has 1 aliphatic carbocycles. The van der Waals surface area contributed by atoms with Gasteiger partial charge in [0.15, 0.2) is 17.3 Å². The van der Waals surface area contributed by atoms with Crippen LogP contribution < -0.4 is 0 Å². The lowest BCUT2D eigenvalue weighted by atomic mass is 9.85. The second-order valence-corrected chi connectivity index (χ2v) is 6.53. The van der Waals surface area contributed by atoms with Gasteiger partial charge in [0.2, 0.25) is 11.6 Å². The molecule has 6 heteroatoms. The van der Waals surface area contributed by atoms with Gasteiger partial charge >= 0.3 is 0 Å². The highest BCUT2D eigenvalue weighted by molar-refractivity contribution is 6.30. The van der Waals surface area contributed by atoms with Gasteiger partial charge in [-0.2, -0.15) is 0 Å². The summed E-state index contributed by atoms with van der Waals surface area (Å²) < 4.78 is 24.4. The lowest BCUT2D eigenvalue weighted by molar-refractivity contribution is 0.0951.